The van der Waals surface area contributed by atoms with E-state index in [9.17, 15) is 4.79 Å². The van der Waals surface area contributed by atoms with Gasteiger partial charge < -0.3 is 23.5 Å². The van der Waals surface area contributed by atoms with Crippen LogP contribution in [-0.2, 0) is 20.8 Å². The summed E-state index contributed by atoms with van der Waals surface area (Å²) in [4.78, 5) is 13.8. The highest BCUT2D eigenvalue weighted by Crippen LogP contribution is 2.46. The Morgan fingerprint density at radius 3 is 2.69 bits per heavy atom. The molecule has 224 valence electrons. The Hall–Kier alpha value is -3.54. The first-order valence-electron chi connectivity index (χ1n) is 13.6. The van der Waals surface area contributed by atoms with Gasteiger partial charge in [0.2, 0.25) is 5.16 Å². The van der Waals surface area contributed by atoms with Gasteiger partial charge in [0, 0.05) is 29.3 Å². The van der Waals surface area contributed by atoms with E-state index >= 15 is 0 Å². The number of ether oxygens (including phenoxy) is 4. The van der Waals surface area contributed by atoms with Crippen LogP contribution in [0.2, 0.25) is 0 Å². The van der Waals surface area contributed by atoms with Gasteiger partial charge in [0.15, 0.2) is 11.5 Å². The number of thioether (sulfide) groups is 1. The lowest BCUT2D eigenvalue weighted by molar-refractivity contribution is -0.145. The number of nitrogens with zero attached hydrogens (tertiary/aromatic N) is 5. The van der Waals surface area contributed by atoms with Crippen molar-refractivity contribution in [3.05, 3.63) is 77.1 Å². The molecule has 10 nitrogen and oxygen atoms in total. The second-order valence-electron chi connectivity index (χ2n) is 9.81. The zero-order chi connectivity index (χ0) is 30.3. The molecule has 1 aliphatic heterocycles. The number of methoxy groups -OCH3 is 2. The van der Waals surface area contributed by atoms with E-state index in [2.05, 4.69) is 20.0 Å². The number of tetrazole rings is 1. The molecular formula is C30H36ClN5O5S. The molecule has 0 spiro atoms. The van der Waals surface area contributed by atoms with Crippen molar-refractivity contribution in [1.29, 1.82) is 0 Å². The zero-order valence-electron chi connectivity index (χ0n) is 24.6. The first-order chi connectivity index (χ1) is 20.3. The molecule has 1 aromatic carbocycles. The van der Waals surface area contributed by atoms with Gasteiger partial charge in [-0.1, -0.05) is 41.6 Å². The van der Waals surface area contributed by atoms with E-state index in [4.69, 9.17) is 30.5 Å². The van der Waals surface area contributed by atoms with Crippen molar-refractivity contribution < 1.29 is 23.7 Å². The molecule has 0 bridgehead atoms. The number of aryl methyl sites for hydroxylation is 1. The van der Waals surface area contributed by atoms with Crippen LogP contribution in [0.15, 0.2) is 71.0 Å². The fraction of sp³-hybridized carbons (Fsp3) is 0.400. The van der Waals surface area contributed by atoms with Crippen molar-refractivity contribution >= 4 is 35.0 Å². The van der Waals surface area contributed by atoms with E-state index in [1.807, 2.05) is 61.7 Å². The van der Waals surface area contributed by atoms with Gasteiger partial charge in [-0.3, -0.25) is 4.79 Å². The number of esters is 1. The third kappa shape index (κ3) is 6.74. The number of aromatic nitrogens is 5. The maximum Gasteiger partial charge on any atom is 0.322 e. The molecule has 12 heteroatoms. The van der Waals surface area contributed by atoms with Gasteiger partial charge >= 0.3 is 5.97 Å². The van der Waals surface area contributed by atoms with Gasteiger partial charge in [-0.25, -0.2) is 0 Å². The van der Waals surface area contributed by atoms with E-state index < -0.39 is 10.9 Å². The SMILES string of the molecule is C/C=C\C1=C(/C=C/Cl)[C@@H](c2cccc(OC)c2OC)O[C@H](CCn2nnc(SC(C)(C)C(=O)OCC)n2)c2cccn21. The highest BCUT2D eigenvalue weighted by Gasteiger charge is 2.34. The van der Waals surface area contributed by atoms with Crippen LogP contribution < -0.4 is 9.47 Å². The molecule has 0 saturated heterocycles. The van der Waals surface area contributed by atoms with E-state index in [-0.39, 0.29) is 12.1 Å². The van der Waals surface area contributed by atoms with Crippen molar-refractivity contribution in [1.82, 2.24) is 24.8 Å². The third-order valence-electron chi connectivity index (χ3n) is 6.67. The molecule has 2 aromatic heterocycles. The summed E-state index contributed by atoms with van der Waals surface area (Å²) in [6, 6.07) is 9.76. The molecule has 0 fully saturated rings. The van der Waals surface area contributed by atoms with Gasteiger partial charge in [0.25, 0.3) is 0 Å². The van der Waals surface area contributed by atoms with Gasteiger partial charge in [-0.15, -0.1) is 10.2 Å². The Morgan fingerprint density at radius 1 is 1.19 bits per heavy atom. The molecule has 3 heterocycles. The number of hydrogen-bond donors (Lipinski definition) is 0. The first-order valence-corrected chi connectivity index (χ1v) is 14.8. The van der Waals surface area contributed by atoms with E-state index in [0.717, 1.165) is 22.5 Å². The Balaban J connectivity index is 1.68. The standard InChI is InChI=1S/C30H36ClN5O5S/c1-7-11-22-20(15-17-31)26(21-12-9-14-25(38-5)27(21)39-6)41-24(23-13-10-18-35(22)23)16-19-36-33-29(32-34-36)42-30(3,4)28(37)40-8-2/h7,9-15,17-18,24,26H,8,16,19H2,1-6H3/b11-7-,17-15+/t24-,26+/m1/s1. The first kappa shape index (κ1) is 31.4. The Kier molecular flexibility index (Phi) is 10.5. The lowest BCUT2D eigenvalue weighted by Gasteiger charge is -2.25. The number of rotatable bonds is 12. The summed E-state index contributed by atoms with van der Waals surface area (Å²) in [5.74, 6) is 0.854. The summed E-state index contributed by atoms with van der Waals surface area (Å²) in [6.07, 6.45) is 7.51. The molecule has 0 aliphatic carbocycles. The number of allylic oxidation sites excluding steroid dienone is 3. The molecule has 1 aliphatic rings. The summed E-state index contributed by atoms with van der Waals surface area (Å²) >= 11 is 7.40. The highest BCUT2D eigenvalue weighted by molar-refractivity contribution is 8.01. The molecule has 0 unspecified atom stereocenters. The minimum Gasteiger partial charge on any atom is -0.493 e. The molecule has 2 atom stereocenters. The van der Waals surface area contributed by atoms with Crippen LogP contribution in [-0.4, -0.2) is 56.3 Å². The number of para-hydroxylation sites is 1. The quantitative estimate of drug-likeness (QED) is 0.170. The van der Waals surface area contributed by atoms with Crippen LogP contribution in [0.4, 0.5) is 0 Å². The molecule has 0 N–H and O–H groups in total. The lowest BCUT2D eigenvalue weighted by atomic mass is 9.97. The minimum absolute atomic E-state index is 0.307. The smallest absolute Gasteiger partial charge is 0.322 e. The molecule has 42 heavy (non-hydrogen) atoms. The largest absolute Gasteiger partial charge is 0.493 e. The van der Waals surface area contributed by atoms with Crippen LogP contribution in [0, 0.1) is 0 Å². The Labute approximate surface area is 255 Å². The van der Waals surface area contributed by atoms with Crippen molar-refractivity contribution in [2.24, 2.45) is 0 Å². The number of carbonyl (C=O) groups is 1. The predicted molar refractivity (Wildman–Crippen MR) is 163 cm³/mol. The van der Waals surface area contributed by atoms with Gasteiger partial charge in [0.05, 0.1) is 38.8 Å². The third-order valence-corrected chi connectivity index (χ3v) is 7.82. The highest BCUT2D eigenvalue weighted by atomic mass is 35.5. The maximum absolute atomic E-state index is 12.3. The average molecular weight is 614 g/mol. The second kappa shape index (κ2) is 14.1. The normalized spacial score (nSPS) is 17.5. The van der Waals surface area contributed by atoms with Gasteiger partial charge in [-0.2, -0.15) is 4.80 Å². The van der Waals surface area contributed by atoms with Crippen molar-refractivity contribution in [2.75, 3.05) is 20.8 Å². The molecular weight excluding hydrogens is 578 g/mol. The fourth-order valence-corrected chi connectivity index (χ4v) is 5.73. The second-order valence-corrected chi connectivity index (χ2v) is 11.7. The summed E-state index contributed by atoms with van der Waals surface area (Å²) in [7, 11) is 3.22. The van der Waals surface area contributed by atoms with Gasteiger partial charge in [0.1, 0.15) is 17.0 Å². The van der Waals surface area contributed by atoms with Gasteiger partial charge in [-0.05, 0) is 63.3 Å². The number of fused-ring (bicyclic) bond motifs is 1. The van der Waals surface area contributed by atoms with E-state index in [1.54, 1.807) is 35.0 Å². The van der Waals surface area contributed by atoms with Crippen LogP contribution in [0.3, 0.4) is 0 Å². The Morgan fingerprint density at radius 2 is 2.00 bits per heavy atom. The monoisotopic (exact) mass is 613 g/mol. The van der Waals surface area contributed by atoms with Crippen LogP contribution in [0.5, 0.6) is 11.5 Å². The van der Waals surface area contributed by atoms with E-state index in [1.165, 1.54) is 22.1 Å². The van der Waals surface area contributed by atoms with Crippen molar-refractivity contribution in [3.8, 4) is 11.5 Å². The molecule has 3 aromatic rings. The van der Waals surface area contributed by atoms with E-state index in [0.29, 0.717) is 36.2 Å². The zero-order valence-corrected chi connectivity index (χ0v) is 26.2. The number of carbonyl (C=O) groups excluding carboxylic acids is 1. The molecule has 4 rings (SSSR count). The summed E-state index contributed by atoms with van der Waals surface area (Å²) in [5, 5.41) is 13.3. The van der Waals surface area contributed by atoms with Crippen LogP contribution in [0.25, 0.3) is 5.70 Å². The number of benzene rings is 1. The van der Waals surface area contributed by atoms with Crippen LogP contribution >= 0.6 is 23.4 Å². The van der Waals surface area contributed by atoms with Crippen molar-refractivity contribution in [2.45, 2.75) is 62.8 Å². The molecule has 0 amide bonds. The Bertz CT molecular complexity index is 1480. The number of hydrogen-bond acceptors (Lipinski definition) is 9. The summed E-state index contributed by atoms with van der Waals surface area (Å²) in [5.41, 5.74) is 5.03. The van der Waals surface area contributed by atoms with Crippen molar-refractivity contribution in [3.63, 3.8) is 0 Å². The fourth-order valence-electron chi connectivity index (χ4n) is 4.78. The predicted octanol–water partition coefficient (Wildman–Crippen LogP) is 6.37. The number of halogens is 1. The summed E-state index contributed by atoms with van der Waals surface area (Å²) in [6.45, 7) is 8.03. The minimum atomic E-state index is -0.848. The average Bonchev–Trinajstić information content (AvgIpc) is 3.62. The lowest BCUT2D eigenvalue weighted by Crippen LogP contribution is -2.30. The molecule has 0 saturated carbocycles. The topological polar surface area (TPSA) is 103 Å². The molecule has 0 radical (unpaired) electrons. The van der Waals surface area contributed by atoms with Crippen LogP contribution in [0.1, 0.15) is 57.6 Å². The maximum atomic E-state index is 12.3. The summed E-state index contributed by atoms with van der Waals surface area (Å²) < 4.78 is 24.8.